The van der Waals surface area contributed by atoms with Crippen molar-refractivity contribution in [3.8, 4) is 5.75 Å². The van der Waals surface area contributed by atoms with Crippen LogP contribution in [0.15, 0.2) is 47.1 Å². The lowest BCUT2D eigenvalue weighted by Gasteiger charge is -2.06. The molecule has 1 aromatic heterocycles. The first kappa shape index (κ1) is 13.7. The van der Waals surface area contributed by atoms with Gasteiger partial charge in [0.1, 0.15) is 5.75 Å². The van der Waals surface area contributed by atoms with Gasteiger partial charge in [-0.15, -0.1) is 0 Å². The van der Waals surface area contributed by atoms with Crippen LogP contribution < -0.4 is 10.6 Å². The first-order chi connectivity index (χ1) is 9.65. The summed E-state index contributed by atoms with van der Waals surface area (Å²) in [6.45, 7) is 0.199. The van der Waals surface area contributed by atoms with Gasteiger partial charge in [0.25, 0.3) is 5.91 Å². The molecular formula is C14H14N2O4. The highest BCUT2D eigenvalue weighted by Crippen LogP contribution is 2.15. The number of aromatic hydroxyl groups is 1. The summed E-state index contributed by atoms with van der Waals surface area (Å²) in [5.41, 5.74) is 0.507. The van der Waals surface area contributed by atoms with E-state index >= 15 is 0 Å². The molecule has 2 rings (SSSR count). The quantitative estimate of drug-likeness (QED) is 0.774. The number of carbonyl (C=O) groups is 2. The summed E-state index contributed by atoms with van der Waals surface area (Å²) in [7, 11) is 0. The number of hydrogen-bond donors (Lipinski definition) is 3. The molecule has 2 aromatic rings. The van der Waals surface area contributed by atoms with Crippen LogP contribution in [-0.2, 0) is 4.79 Å². The summed E-state index contributed by atoms with van der Waals surface area (Å²) in [4.78, 5) is 23.1. The average Bonchev–Trinajstić information content (AvgIpc) is 2.92. The van der Waals surface area contributed by atoms with E-state index < -0.39 is 0 Å². The normalized spacial score (nSPS) is 10.0. The van der Waals surface area contributed by atoms with E-state index in [1.165, 1.54) is 18.4 Å². The summed E-state index contributed by atoms with van der Waals surface area (Å²) >= 11 is 0. The lowest BCUT2D eigenvalue weighted by Crippen LogP contribution is -2.27. The largest absolute Gasteiger partial charge is 0.508 e. The highest BCUT2D eigenvalue weighted by molar-refractivity contribution is 5.93. The molecule has 0 bridgehead atoms. The van der Waals surface area contributed by atoms with Crippen LogP contribution in [0.1, 0.15) is 17.0 Å². The van der Waals surface area contributed by atoms with Crippen LogP contribution in [0.25, 0.3) is 0 Å². The van der Waals surface area contributed by atoms with E-state index in [2.05, 4.69) is 10.6 Å². The van der Waals surface area contributed by atoms with Crippen LogP contribution in [0.3, 0.4) is 0 Å². The van der Waals surface area contributed by atoms with E-state index in [0.717, 1.165) is 0 Å². The van der Waals surface area contributed by atoms with Crippen LogP contribution in [0.4, 0.5) is 5.69 Å². The number of furan rings is 1. The van der Waals surface area contributed by atoms with Crippen molar-refractivity contribution in [2.24, 2.45) is 0 Å². The van der Waals surface area contributed by atoms with Gasteiger partial charge in [-0.1, -0.05) is 6.07 Å². The number of phenols is 1. The smallest absolute Gasteiger partial charge is 0.286 e. The van der Waals surface area contributed by atoms with Gasteiger partial charge < -0.3 is 20.2 Å². The lowest BCUT2D eigenvalue weighted by molar-refractivity contribution is -0.116. The summed E-state index contributed by atoms with van der Waals surface area (Å²) < 4.78 is 4.92. The number of amides is 2. The van der Waals surface area contributed by atoms with Gasteiger partial charge >= 0.3 is 0 Å². The van der Waals surface area contributed by atoms with Gasteiger partial charge in [-0.3, -0.25) is 9.59 Å². The van der Waals surface area contributed by atoms with Crippen molar-refractivity contribution >= 4 is 17.5 Å². The fourth-order valence-electron chi connectivity index (χ4n) is 1.59. The van der Waals surface area contributed by atoms with Crippen LogP contribution in [-0.4, -0.2) is 23.5 Å². The molecule has 0 saturated heterocycles. The van der Waals surface area contributed by atoms with Crippen LogP contribution in [0.2, 0.25) is 0 Å². The number of nitrogens with one attached hydrogen (secondary N) is 2. The number of hydrogen-bond acceptors (Lipinski definition) is 4. The van der Waals surface area contributed by atoms with E-state index in [1.54, 1.807) is 24.3 Å². The Morgan fingerprint density at radius 1 is 1.20 bits per heavy atom. The maximum Gasteiger partial charge on any atom is 0.286 e. The molecule has 3 N–H and O–H groups in total. The second-order valence-electron chi connectivity index (χ2n) is 4.08. The Morgan fingerprint density at radius 2 is 2.05 bits per heavy atom. The van der Waals surface area contributed by atoms with E-state index in [4.69, 9.17) is 4.42 Å². The third-order valence-corrected chi connectivity index (χ3v) is 2.51. The molecule has 0 atom stereocenters. The molecule has 1 heterocycles. The van der Waals surface area contributed by atoms with Gasteiger partial charge in [0.05, 0.1) is 6.26 Å². The topological polar surface area (TPSA) is 91.6 Å². The van der Waals surface area contributed by atoms with Crippen LogP contribution >= 0.6 is 0 Å². The summed E-state index contributed by atoms with van der Waals surface area (Å²) in [6, 6.07) is 9.41. The molecule has 0 fully saturated rings. The van der Waals surface area contributed by atoms with E-state index in [-0.39, 0.29) is 36.3 Å². The minimum Gasteiger partial charge on any atom is -0.508 e. The summed E-state index contributed by atoms with van der Waals surface area (Å²) in [6.07, 6.45) is 1.53. The summed E-state index contributed by atoms with van der Waals surface area (Å²) in [5.74, 6) is -0.331. The van der Waals surface area contributed by atoms with Gasteiger partial charge in [-0.25, -0.2) is 0 Å². The number of carbonyl (C=O) groups excluding carboxylic acids is 2. The summed E-state index contributed by atoms with van der Waals surface area (Å²) in [5, 5.41) is 14.4. The molecule has 0 aliphatic rings. The monoisotopic (exact) mass is 274 g/mol. The molecule has 0 unspecified atom stereocenters. The fraction of sp³-hybridized carbons (Fsp3) is 0.143. The maximum absolute atomic E-state index is 11.6. The van der Waals surface area contributed by atoms with Gasteiger partial charge in [0.15, 0.2) is 5.76 Å². The zero-order chi connectivity index (χ0) is 14.4. The van der Waals surface area contributed by atoms with Crippen molar-refractivity contribution in [3.05, 3.63) is 48.4 Å². The zero-order valence-corrected chi connectivity index (χ0v) is 10.6. The first-order valence-electron chi connectivity index (χ1n) is 6.06. The predicted molar refractivity (Wildman–Crippen MR) is 72.4 cm³/mol. The minimum atomic E-state index is -0.361. The average molecular weight is 274 g/mol. The standard InChI is InChI=1S/C14H14N2O4/c17-11-4-1-3-10(9-11)16-13(18)6-7-15-14(19)12-5-2-8-20-12/h1-5,8-9,17H,6-7H2,(H,15,19)(H,16,18). The molecule has 0 radical (unpaired) electrons. The highest BCUT2D eigenvalue weighted by atomic mass is 16.3. The molecular weight excluding hydrogens is 260 g/mol. The minimum absolute atomic E-state index is 0.0777. The van der Waals surface area contributed by atoms with Gasteiger partial charge in [0.2, 0.25) is 5.91 Å². The van der Waals surface area contributed by atoms with Crippen molar-refractivity contribution in [1.29, 1.82) is 0 Å². The molecule has 0 saturated carbocycles. The Balaban J connectivity index is 1.74. The molecule has 2 amide bonds. The predicted octanol–water partition coefficient (Wildman–Crippen LogP) is 1.74. The van der Waals surface area contributed by atoms with Crippen molar-refractivity contribution in [2.45, 2.75) is 6.42 Å². The molecule has 0 spiro atoms. The maximum atomic E-state index is 11.6. The molecule has 0 aliphatic heterocycles. The van der Waals surface area contributed by atoms with E-state index in [9.17, 15) is 14.7 Å². The van der Waals surface area contributed by atoms with Crippen LogP contribution in [0.5, 0.6) is 5.75 Å². The molecule has 20 heavy (non-hydrogen) atoms. The Bertz CT molecular complexity index is 593. The highest BCUT2D eigenvalue weighted by Gasteiger charge is 2.08. The van der Waals surface area contributed by atoms with Crippen molar-refractivity contribution in [3.63, 3.8) is 0 Å². The van der Waals surface area contributed by atoms with E-state index in [0.29, 0.717) is 5.69 Å². The number of anilines is 1. The van der Waals surface area contributed by atoms with Gasteiger partial charge in [0, 0.05) is 24.7 Å². The Kier molecular flexibility index (Phi) is 4.39. The zero-order valence-electron chi connectivity index (χ0n) is 10.6. The fourth-order valence-corrected chi connectivity index (χ4v) is 1.59. The second kappa shape index (κ2) is 6.42. The SMILES string of the molecule is O=C(CCNC(=O)c1ccco1)Nc1cccc(O)c1. The number of phenolic OH excluding ortho intramolecular Hbond substituents is 1. The van der Waals surface area contributed by atoms with Crippen LogP contribution in [0, 0.1) is 0 Å². The lowest BCUT2D eigenvalue weighted by atomic mass is 10.3. The molecule has 1 aromatic carbocycles. The van der Waals surface area contributed by atoms with Crippen molar-refractivity contribution < 1.29 is 19.1 Å². The Labute approximate surface area is 115 Å². The molecule has 0 aliphatic carbocycles. The van der Waals surface area contributed by atoms with E-state index in [1.807, 2.05) is 0 Å². The number of benzene rings is 1. The third-order valence-electron chi connectivity index (χ3n) is 2.51. The first-order valence-corrected chi connectivity index (χ1v) is 6.06. The third kappa shape index (κ3) is 3.88. The van der Waals surface area contributed by atoms with Crippen molar-refractivity contribution in [2.75, 3.05) is 11.9 Å². The van der Waals surface area contributed by atoms with Gasteiger partial charge in [-0.05, 0) is 24.3 Å². The molecule has 104 valence electrons. The number of rotatable bonds is 5. The Hall–Kier alpha value is -2.76. The Morgan fingerprint density at radius 3 is 2.75 bits per heavy atom. The van der Waals surface area contributed by atoms with Crippen molar-refractivity contribution in [1.82, 2.24) is 5.32 Å². The second-order valence-corrected chi connectivity index (χ2v) is 4.08. The molecule has 6 heteroatoms. The molecule has 6 nitrogen and oxygen atoms in total. The van der Waals surface area contributed by atoms with Gasteiger partial charge in [-0.2, -0.15) is 0 Å².